The second-order valence-electron chi connectivity index (χ2n) is 3.04. The Bertz CT molecular complexity index is 436. The quantitative estimate of drug-likeness (QED) is 0.714. The van der Waals surface area contributed by atoms with Crippen molar-refractivity contribution >= 4 is 17.7 Å². The SMILES string of the molecule is NC(=O)c1cc(NC(=O)OCCO)ccc1F. The van der Waals surface area contributed by atoms with Crippen LogP contribution in [0.3, 0.4) is 0 Å². The summed E-state index contributed by atoms with van der Waals surface area (Å²) < 4.78 is 17.6. The largest absolute Gasteiger partial charge is 0.447 e. The molecule has 0 aliphatic heterocycles. The van der Waals surface area contributed by atoms with Gasteiger partial charge in [0.1, 0.15) is 12.4 Å². The summed E-state index contributed by atoms with van der Waals surface area (Å²) >= 11 is 0. The molecule has 0 atom stereocenters. The topological polar surface area (TPSA) is 102 Å². The summed E-state index contributed by atoms with van der Waals surface area (Å²) in [6.07, 6.45) is -0.818. The molecule has 0 saturated carbocycles. The minimum atomic E-state index is -0.935. The molecule has 0 heterocycles. The Labute approximate surface area is 96.2 Å². The third-order valence-corrected chi connectivity index (χ3v) is 1.80. The van der Waals surface area contributed by atoms with Crippen LogP contribution in [0.5, 0.6) is 0 Å². The van der Waals surface area contributed by atoms with Crippen LogP contribution in [0.15, 0.2) is 18.2 Å². The van der Waals surface area contributed by atoms with Crippen LogP contribution in [-0.2, 0) is 4.74 Å². The Morgan fingerprint density at radius 2 is 2.18 bits per heavy atom. The molecule has 0 spiro atoms. The molecule has 0 unspecified atom stereocenters. The summed E-state index contributed by atoms with van der Waals surface area (Å²) in [6, 6.07) is 3.35. The molecule has 7 heteroatoms. The molecule has 92 valence electrons. The third kappa shape index (κ3) is 3.72. The lowest BCUT2D eigenvalue weighted by Crippen LogP contribution is -2.17. The first-order valence-electron chi connectivity index (χ1n) is 4.68. The first-order valence-corrected chi connectivity index (χ1v) is 4.68. The van der Waals surface area contributed by atoms with Crippen molar-refractivity contribution in [3.05, 3.63) is 29.6 Å². The molecular formula is C10H11FN2O4. The normalized spacial score (nSPS) is 9.76. The number of nitrogens with two attached hydrogens (primary N) is 1. The predicted octanol–water partition coefficient (Wildman–Crippen LogP) is 0.465. The van der Waals surface area contributed by atoms with Gasteiger partial charge in [0.05, 0.1) is 12.2 Å². The highest BCUT2D eigenvalue weighted by atomic mass is 19.1. The van der Waals surface area contributed by atoms with Gasteiger partial charge in [-0.3, -0.25) is 10.1 Å². The van der Waals surface area contributed by atoms with Crippen LogP contribution < -0.4 is 11.1 Å². The molecule has 4 N–H and O–H groups in total. The summed E-state index contributed by atoms with van der Waals surface area (Å²) in [6.45, 7) is -0.459. The zero-order chi connectivity index (χ0) is 12.8. The first kappa shape index (κ1) is 12.9. The summed E-state index contributed by atoms with van der Waals surface area (Å²) in [4.78, 5) is 21.9. The molecule has 17 heavy (non-hydrogen) atoms. The summed E-state index contributed by atoms with van der Waals surface area (Å²) in [5.74, 6) is -1.71. The number of carbonyl (C=O) groups excluding carboxylic acids is 2. The standard InChI is InChI=1S/C10H11FN2O4/c11-8-2-1-6(5-7(8)9(12)15)13-10(16)17-4-3-14/h1-2,5,14H,3-4H2,(H2,12,15)(H,13,16). The van der Waals surface area contributed by atoms with Gasteiger partial charge in [-0.15, -0.1) is 0 Å². The second-order valence-corrected chi connectivity index (χ2v) is 3.04. The van der Waals surface area contributed by atoms with Crippen LogP contribution in [0.25, 0.3) is 0 Å². The molecule has 1 aromatic rings. The molecule has 1 rings (SSSR count). The van der Waals surface area contributed by atoms with E-state index in [1.165, 1.54) is 6.07 Å². The lowest BCUT2D eigenvalue weighted by Gasteiger charge is -2.07. The fourth-order valence-corrected chi connectivity index (χ4v) is 1.08. The Hall–Kier alpha value is -2.15. The molecule has 0 radical (unpaired) electrons. The van der Waals surface area contributed by atoms with Gasteiger partial charge in [0.15, 0.2) is 0 Å². The van der Waals surface area contributed by atoms with Crippen LogP contribution >= 0.6 is 0 Å². The minimum Gasteiger partial charge on any atom is -0.447 e. The summed E-state index contributed by atoms with van der Waals surface area (Å²) in [7, 11) is 0. The molecule has 0 aliphatic carbocycles. The van der Waals surface area contributed by atoms with E-state index in [-0.39, 0.29) is 24.5 Å². The lowest BCUT2D eigenvalue weighted by atomic mass is 10.2. The highest BCUT2D eigenvalue weighted by Gasteiger charge is 2.10. The average Bonchev–Trinajstić information content (AvgIpc) is 2.28. The number of benzene rings is 1. The van der Waals surface area contributed by atoms with E-state index in [4.69, 9.17) is 10.8 Å². The van der Waals surface area contributed by atoms with Crippen LogP contribution in [-0.4, -0.2) is 30.3 Å². The van der Waals surface area contributed by atoms with Crippen molar-refractivity contribution in [3.8, 4) is 0 Å². The van der Waals surface area contributed by atoms with Gasteiger partial charge in [-0.05, 0) is 18.2 Å². The van der Waals surface area contributed by atoms with Crippen molar-refractivity contribution < 1.29 is 23.8 Å². The van der Waals surface area contributed by atoms with Gasteiger partial charge in [0.25, 0.3) is 5.91 Å². The number of hydrogen-bond acceptors (Lipinski definition) is 4. The number of nitrogens with one attached hydrogen (secondary N) is 1. The monoisotopic (exact) mass is 242 g/mol. The number of halogens is 1. The minimum absolute atomic E-state index is 0.157. The number of hydrogen-bond donors (Lipinski definition) is 3. The zero-order valence-corrected chi connectivity index (χ0v) is 8.77. The van der Waals surface area contributed by atoms with Crippen molar-refractivity contribution in [2.45, 2.75) is 0 Å². The maximum atomic E-state index is 13.1. The third-order valence-electron chi connectivity index (χ3n) is 1.80. The number of carbonyl (C=O) groups is 2. The van der Waals surface area contributed by atoms with Crippen LogP contribution in [0.4, 0.5) is 14.9 Å². The van der Waals surface area contributed by atoms with Crippen molar-refractivity contribution in [3.63, 3.8) is 0 Å². The van der Waals surface area contributed by atoms with Gasteiger partial charge in [-0.2, -0.15) is 0 Å². The number of aliphatic hydroxyl groups is 1. The highest BCUT2D eigenvalue weighted by molar-refractivity contribution is 5.95. The van der Waals surface area contributed by atoms with E-state index >= 15 is 0 Å². The molecule has 0 bridgehead atoms. The molecule has 0 saturated heterocycles. The fraction of sp³-hybridized carbons (Fsp3) is 0.200. The van der Waals surface area contributed by atoms with E-state index in [0.29, 0.717) is 0 Å². The van der Waals surface area contributed by atoms with E-state index in [0.717, 1.165) is 12.1 Å². The zero-order valence-electron chi connectivity index (χ0n) is 8.77. The van der Waals surface area contributed by atoms with Gasteiger partial charge < -0.3 is 15.6 Å². The number of ether oxygens (including phenoxy) is 1. The molecule has 0 aliphatic rings. The van der Waals surface area contributed by atoms with Crippen molar-refractivity contribution in [1.29, 1.82) is 0 Å². The van der Waals surface area contributed by atoms with Crippen LogP contribution in [0.1, 0.15) is 10.4 Å². The lowest BCUT2D eigenvalue weighted by molar-refractivity contribution is 0.0996. The van der Waals surface area contributed by atoms with E-state index in [9.17, 15) is 14.0 Å². The smallest absolute Gasteiger partial charge is 0.411 e. The number of primary amides is 1. The van der Waals surface area contributed by atoms with E-state index in [1.807, 2.05) is 0 Å². The Balaban J connectivity index is 2.75. The van der Waals surface area contributed by atoms with Gasteiger partial charge in [0.2, 0.25) is 0 Å². The second kappa shape index (κ2) is 5.80. The first-order chi connectivity index (χ1) is 8.04. The summed E-state index contributed by atoms with van der Waals surface area (Å²) in [5.41, 5.74) is 4.78. The number of rotatable bonds is 4. The Morgan fingerprint density at radius 1 is 1.47 bits per heavy atom. The van der Waals surface area contributed by atoms with Crippen LogP contribution in [0.2, 0.25) is 0 Å². The van der Waals surface area contributed by atoms with Gasteiger partial charge in [0, 0.05) is 5.69 Å². The molecular weight excluding hydrogens is 231 g/mol. The van der Waals surface area contributed by atoms with E-state index in [1.54, 1.807) is 0 Å². The van der Waals surface area contributed by atoms with E-state index < -0.39 is 17.8 Å². The average molecular weight is 242 g/mol. The van der Waals surface area contributed by atoms with Crippen molar-refractivity contribution in [1.82, 2.24) is 0 Å². The van der Waals surface area contributed by atoms with E-state index in [2.05, 4.69) is 10.1 Å². The highest BCUT2D eigenvalue weighted by Crippen LogP contribution is 2.14. The number of amides is 2. The molecule has 0 aromatic heterocycles. The molecule has 6 nitrogen and oxygen atoms in total. The van der Waals surface area contributed by atoms with Crippen LogP contribution in [0, 0.1) is 5.82 Å². The summed E-state index contributed by atoms with van der Waals surface area (Å²) in [5, 5.41) is 10.7. The van der Waals surface area contributed by atoms with Gasteiger partial charge in [-0.1, -0.05) is 0 Å². The van der Waals surface area contributed by atoms with Crippen molar-refractivity contribution in [2.75, 3.05) is 18.5 Å². The Morgan fingerprint density at radius 3 is 2.76 bits per heavy atom. The maximum absolute atomic E-state index is 13.1. The molecule has 1 aromatic carbocycles. The maximum Gasteiger partial charge on any atom is 0.411 e. The molecule has 0 fully saturated rings. The number of anilines is 1. The number of aliphatic hydroxyl groups excluding tert-OH is 1. The van der Waals surface area contributed by atoms with Crippen molar-refractivity contribution in [2.24, 2.45) is 5.73 Å². The molecule has 2 amide bonds. The Kier molecular flexibility index (Phi) is 4.41. The van der Waals surface area contributed by atoms with Gasteiger partial charge in [-0.25, -0.2) is 9.18 Å². The predicted molar refractivity (Wildman–Crippen MR) is 57.0 cm³/mol. The van der Waals surface area contributed by atoms with Gasteiger partial charge >= 0.3 is 6.09 Å². The fourth-order valence-electron chi connectivity index (χ4n) is 1.08.